The van der Waals surface area contributed by atoms with Crippen molar-refractivity contribution in [3.05, 3.63) is 47.7 Å². The maximum Gasteiger partial charge on any atom is 0.306 e. The molecule has 6 nitrogen and oxygen atoms in total. The summed E-state index contributed by atoms with van der Waals surface area (Å²) in [6.45, 7) is 5.29. The van der Waals surface area contributed by atoms with Crippen LogP contribution in [0.1, 0.15) is 83.6 Å². The number of carbonyl (C=O) groups excluding carboxylic acids is 3. The van der Waals surface area contributed by atoms with Crippen molar-refractivity contribution in [1.82, 2.24) is 10.3 Å². The van der Waals surface area contributed by atoms with Crippen molar-refractivity contribution in [1.29, 1.82) is 0 Å². The molecule has 2 aromatic rings. The van der Waals surface area contributed by atoms with Gasteiger partial charge in [-0.1, -0.05) is 37.6 Å². The maximum atomic E-state index is 12.8. The summed E-state index contributed by atoms with van der Waals surface area (Å²) in [7, 11) is 0. The Hall–Kier alpha value is -2.89. The van der Waals surface area contributed by atoms with Crippen molar-refractivity contribution >= 4 is 28.6 Å². The molecule has 3 fully saturated rings. The molecule has 1 aromatic heterocycles. The number of ketones is 1. The average Bonchev–Trinajstić information content (AvgIpc) is 3.48. The van der Waals surface area contributed by atoms with Crippen molar-refractivity contribution in [2.45, 2.75) is 90.6 Å². The van der Waals surface area contributed by atoms with Gasteiger partial charge in [-0.2, -0.15) is 0 Å². The third-order valence-electron chi connectivity index (χ3n) is 11.1. The lowest BCUT2D eigenvalue weighted by atomic mass is 9.47. The lowest BCUT2D eigenvalue weighted by Crippen LogP contribution is -2.51. The van der Waals surface area contributed by atoms with Gasteiger partial charge in [-0.25, -0.2) is 0 Å². The average molecular weight is 531 g/mol. The molecule has 0 spiro atoms. The molecule has 0 aliphatic heterocycles. The van der Waals surface area contributed by atoms with Crippen molar-refractivity contribution in [2.75, 3.05) is 6.54 Å². The molecule has 0 saturated heterocycles. The van der Waals surface area contributed by atoms with E-state index in [2.05, 4.69) is 30.2 Å². The number of H-pyrrole nitrogens is 1. The first kappa shape index (κ1) is 26.3. The second-order valence-corrected chi connectivity index (χ2v) is 13.0. The second kappa shape index (κ2) is 10.3. The molecule has 208 valence electrons. The number of carbonyl (C=O) groups is 3. The van der Waals surface area contributed by atoms with Crippen LogP contribution in [0, 0.1) is 28.6 Å². The molecule has 4 aliphatic carbocycles. The predicted molar refractivity (Wildman–Crippen MR) is 151 cm³/mol. The van der Waals surface area contributed by atoms with Gasteiger partial charge in [-0.3, -0.25) is 14.4 Å². The van der Waals surface area contributed by atoms with Crippen LogP contribution in [0.5, 0.6) is 0 Å². The number of hydrogen-bond acceptors (Lipinski definition) is 4. The third-order valence-corrected chi connectivity index (χ3v) is 11.1. The Kier molecular flexibility index (Phi) is 6.93. The summed E-state index contributed by atoms with van der Waals surface area (Å²) in [6.07, 6.45) is 13.1. The van der Waals surface area contributed by atoms with Crippen molar-refractivity contribution in [3.8, 4) is 0 Å². The van der Waals surface area contributed by atoms with Gasteiger partial charge in [-0.05, 0) is 92.2 Å². The summed E-state index contributed by atoms with van der Waals surface area (Å²) >= 11 is 0. The molecule has 3 saturated carbocycles. The van der Waals surface area contributed by atoms with Gasteiger partial charge in [-0.15, -0.1) is 0 Å². The monoisotopic (exact) mass is 530 g/mol. The fraction of sp³-hybridized carbons (Fsp3) is 0.606. The number of nitrogens with one attached hydrogen (secondary N) is 2. The number of para-hydroxylation sites is 1. The van der Waals surface area contributed by atoms with E-state index in [1.54, 1.807) is 0 Å². The quantitative estimate of drug-likeness (QED) is 0.427. The maximum absolute atomic E-state index is 12.8. The van der Waals surface area contributed by atoms with E-state index >= 15 is 0 Å². The van der Waals surface area contributed by atoms with E-state index in [0.29, 0.717) is 36.5 Å². The van der Waals surface area contributed by atoms with E-state index in [4.69, 9.17) is 4.74 Å². The van der Waals surface area contributed by atoms with Gasteiger partial charge in [0.05, 0.1) is 6.42 Å². The lowest BCUT2D eigenvalue weighted by Gasteiger charge is -2.57. The normalized spacial score (nSPS) is 33.6. The lowest BCUT2D eigenvalue weighted by molar-refractivity contribution is -0.160. The predicted octanol–water partition coefficient (Wildman–Crippen LogP) is 6.05. The number of allylic oxidation sites excluding steroid dienone is 1. The highest BCUT2D eigenvalue weighted by atomic mass is 16.5. The summed E-state index contributed by atoms with van der Waals surface area (Å²) in [5.41, 5.74) is 3.85. The summed E-state index contributed by atoms with van der Waals surface area (Å²) in [5, 5.41) is 4.14. The molecule has 4 aliphatic rings. The van der Waals surface area contributed by atoms with Gasteiger partial charge in [0.25, 0.3) is 0 Å². The Morgan fingerprint density at radius 3 is 2.74 bits per heavy atom. The fourth-order valence-electron chi connectivity index (χ4n) is 8.90. The summed E-state index contributed by atoms with van der Waals surface area (Å²) < 4.78 is 6.09. The van der Waals surface area contributed by atoms with E-state index in [0.717, 1.165) is 56.9 Å². The Morgan fingerprint density at radius 2 is 1.87 bits per heavy atom. The van der Waals surface area contributed by atoms with Gasteiger partial charge in [0.1, 0.15) is 6.10 Å². The summed E-state index contributed by atoms with van der Waals surface area (Å²) in [5.74, 6) is 1.79. The van der Waals surface area contributed by atoms with Crippen LogP contribution in [-0.4, -0.2) is 35.3 Å². The molecule has 39 heavy (non-hydrogen) atoms. The molecule has 0 radical (unpaired) electrons. The molecule has 6 heteroatoms. The van der Waals surface area contributed by atoms with Gasteiger partial charge < -0.3 is 15.0 Å². The molecule has 6 rings (SSSR count). The van der Waals surface area contributed by atoms with E-state index < -0.39 is 0 Å². The molecule has 1 aromatic carbocycles. The molecule has 1 heterocycles. The number of ether oxygens (including phenoxy) is 1. The zero-order valence-electron chi connectivity index (χ0n) is 23.4. The van der Waals surface area contributed by atoms with Crippen LogP contribution in [0.25, 0.3) is 10.9 Å². The minimum absolute atomic E-state index is 0.0144. The van der Waals surface area contributed by atoms with Gasteiger partial charge in [0, 0.05) is 41.9 Å². The van der Waals surface area contributed by atoms with E-state index in [1.165, 1.54) is 16.5 Å². The molecule has 2 N–H and O–H groups in total. The Balaban J connectivity index is 0.991. The van der Waals surface area contributed by atoms with Crippen LogP contribution >= 0.6 is 0 Å². The van der Waals surface area contributed by atoms with Crippen LogP contribution < -0.4 is 5.32 Å². The zero-order chi connectivity index (χ0) is 27.2. The molecular formula is C33H42N2O4. The second-order valence-electron chi connectivity index (χ2n) is 13.0. The third kappa shape index (κ3) is 4.74. The van der Waals surface area contributed by atoms with Crippen molar-refractivity contribution < 1.29 is 19.1 Å². The standard InChI is InChI=1S/C33H42N2O4/c1-32-16-13-23(36)19-22(32)7-8-25-26-9-10-29(33(26,2)17-14-27(25)32)39-31(38)12-11-30(37)34-18-15-21-20-35-28-6-4-3-5-24(21)28/h3-6,19-20,25-27,29,35H,7-18H2,1-2H3,(H,34,37)/t25?,26?,27?,29?,32-,33-/m0/s1. The highest BCUT2D eigenvalue weighted by molar-refractivity contribution is 5.91. The first-order valence-corrected chi connectivity index (χ1v) is 15.0. The number of hydrogen-bond donors (Lipinski definition) is 2. The SMILES string of the molecule is C[C@]12CCC3C(CCC4=CC(=O)CC[C@@]43C)C1CCC2OC(=O)CCC(=O)NCCc1c[nH]c2ccccc12. The fourth-order valence-corrected chi connectivity index (χ4v) is 8.90. The van der Waals surface area contributed by atoms with E-state index in [-0.39, 0.29) is 41.7 Å². The number of esters is 1. The van der Waals surface area contributed by atoms with Crippen LogP contribution in [0.2, 0.25) is 0 Å². The van der Waals surface area contributed by atoms with Gasteiger partial charge in [0.15, 0.2) is 5.78 Å². The first-order valence-electron chi connectivity index (χ1n) is 15.0. The number of fused-ring (bicyclic) bond motifs is 6. The largest absolute Gasteiger partial charge is 0.462 e. The molecular weight excluding hydrogens is 488 g/mol. The van der Waals surface area contributed by atoms with E-state index in [9.17, 15) is 14.4 Å². The number of benzene rings is 1. The number of aromatic nitrogens is 1. The zero-order valence-corrected chi connectivity index (χ0v) is 23.4. The first-order chi connectivity index (χ1) is 18.8. The Morgan fingerprint density at radius 1 is 1.03 bits per heavy atom. The van der Waals surface area contributed by atoms with Crippen LogP contribution in [0.15, 0.2) is 42.1 Å². The minimum Gasteiger partial charge on any atom is -0.462 e. The molecule has 1 amide bonds. The minimum atomic E-state index is -0.248. The van der Waals surface area contributed by atoms with Crippen LogP contribution in [0.3, 0.4) is 0 Å². The summed E-state index contributed by atoms with van der Waals surface area (Å²) in [4.78, 5) is 40.6. The highest BCUT2D eigenvalue weighted by Crippen LogP contribution is 2.65. The van der Waals surface area contributed by atoms with Crippen molar-refractivity contribution in [2.24, 2.45) is 28.6 Å². The van der Waals surface area contributed by atoms with E-state index in [1.807, 2.05) is 30.5 Å². The Labute approximate surface area is 231 Å². The molecule has 4 unspecified atom stereocenters. The number of rotatable bonds is 7. The van der Waals surface area contributed by atoms with Crippen LogP contribution in [0.4, 0.5) is 0 Å². The molecule has 6 atom stereocenters. The number of amides is 1. The topological polar surface area (TPSA) is 88.3 Å². The molecule has 0 bridgehead atoms. The summed E-state index contributed by atoms with van der Waals surface area (Å²) in [6, 6.07) is 8.15. The van der Waals surface area contributed by atoms with Crippen molar-refractivity contribution in [3.63, 3.8) is 0 Å². The highest BCUT2D eigenvalue weighted by Gasteiger charge is 2.59. The number of aromatic amines is 1. The van der Waals surface area contributed by atoms with Crippen LogP contribution in [-0.2, 0) is 25.5 Å². The Bertz CT molecular complexity index is 1310. The smallest absolute Gasteiger partial charge is 0.306 e. The van der Waals surface area contributed by atoms with Gasteiger partial charge in [0.2, 0.25) is 5.91 Å². The van der Waals surface area contributed by atoms with Gasteiger partial charge >= 0.3 is 5.97 Å².